The van der Waals surface area contributed by atoms with Crippen molar-refractivity contribution >= 4 is 13.1 Å². The third-order valence-corrected chi connectivity index (χ3v) is 4.76. The highest BCUT2D eigenvalue weighted by molar-refractivity contribution is 6.47. The van der Waals surface area contributed by atoms with Crippen molar-refractivity contribution in [3.63, 3.8) is 0 Å². The van der Waals surface area contributed by atoms with Crippen molar-refractivity contribution < 1.29 is 18.8 Å². The third kappa shape index (κ3) is 4.28. The van der Waals surface area contributed by atoms with Crippen molar-refractivity contribution in [2.24, 2.45) is 0 Å². The Hall–Kier alpha value is -1.59. The highest BCUT2D eigenvalue weighted by atomic mass is 16.7. The van der Waals surface area contributed by atoms with Gasteiger partial charge in [0.25, 0.3) is 0 Å². The Labute approximate surface area is 145 Å². The van der Waals surface area contributed by atoms with Gasteiger partial charge in [-0.3, -0.25) is 0 Å². The lowest BCUT2D eigenvalue weighted by Crippen LogP contribution is -2.41. The van der Waals surface area contributed by atoms with Gasteiger partial charge in [0.15, 0.2) is 0 Å². The molecule has 0 spiro atoms. The summed E-state index contributed by atoms with van der Waals surface area (Å²) in [6, 6.07) is 10.1. The summed E-state index contributed by atoms with van der Waals surface area (Å²) in [6.45, 7) is 10.4. The van der Waals surface area contributed by atoms with Crippen LogP contribution in [0.3, 0.4) is 0 Å². The van der Waals surface area contributed by atoms with Gasteiger partial charge in [0.2, 0.25) is 0 Å². The zero-order chi connectivity index (χ0) is 17.8. The minimum absolute atomic E-state index is 0.0120. The molecule has 1 aromatic rings. The fourth-order valence-corrected chi connectivity index (χ4v) is 2.66. The zero-order valence-corrected chi connectivity index (χ0v) is 15.2. The Morgan fingerprint density at radius 1 is 1.17 bits per heavy atom. The van der Waals surface area contributed by atoms with Crippen LogP contribution in [0.5, 0.6) is 0 Å². The van der Waals surface area contributed by atoms with Gasteiger partial charge in [-0.15, -0.1) is 0 Å². The van der Waals surface area contributed by atoms with Crippen LogP contribution in [0.2, 0.25) is 0 Å². The molecule has 1 aliphatic rings. The highest BCUT2D eigenvalue weighted by Crippen LogP contribution is 2.41. The van der Waals surface area contributed by atoms with Crippen molar-refractivity contribution in [1.82, 2.24) is 0 Å². The number of benzene rings is 1. The Morgan fingerprint density at radius 2 is 1.75 bits per heavy atom. The second-order valence-corrected chi connectivity index (χ2v) is 7.03. The number of esters is 1. The van der Waals surface area contributed by atoms with Gasteiger partial charge in [-0.05, 0) is 46.6 Å². The van der Waals surface area contributed by atoms with Crippen LogP contribution in [-0.2, 0) is 18.8 Å². The molecule has 0 bridgehead atoms. The summed E-state index contributed by atoms with van der Waals surface area (Å²) in [4.78, 5) is 11.5. The number of allylic oxidation sites excluding steroid dienone is 1. The summed E-state index contributed by atoms with van der Waals surface area (Å²) in [7, 11) is -0.357. The number of hydrogen-bond acceptors (Lipinski definition) is 4. The molecule has 24 heavy (non-hydrogen) atoms. The fourth-order valence-electron chi connectivity index (χ4n) is 2.66. The normalized spacial score (nSPS) is 20.3. The Balaban J connectivity index is 2.18. The molecule has 130 valence electrons. The molecule has 5 heteroatoms. The molecule has 1 aromatic carbocycles. The maximum absolute atomic E-state index is 11.5. The van der Waals surface area contributed by atoms with Crippen molar-refractivity contribution in [1.29, 1.82) is 0 Å². The first-order chi connectivity index (χ1) is 11.3. The first-order valence-corrected chi connectivity index (χ1v) is 8.50. The van der Waals surface area contributed by atoms with E-state index in [9.17, 15) is 4.79 Å². The minimum atomic E-state index is -0.379. The standard InChI is InChI=1S/C19H27BO4/c1-6-22-17(21)14-10-13-16(15-11-8-7-9-12-15)20-23-18(2,3)19(4,5)24-20/h7-12,14,16H,6,13H2,1-5H3/b14-10+. The Bertz CT molecular complexity index is 564. The summed E-state index contributed by atoms with van der Waals surface area (Å²) < 4.78 is 17.4. The van der Waals surface area contributed by atoms with E-state index >= 15 is 0 Å². The highest BCUT2D eigenvalue weighted by Gasteiger charge is 2.53. The molecule has 1 saturated heterocycles. The van der Waals surface area contributed by atoms with E-state index in [0.717, 1.165) is 5.56 Å². The van der Waals surface area contributed by atoms with Crippen LogP contribution in [0.15, 0.2) is 42.5 Å². The SMILES string of the molecule is CCOC(=O)/C=C/CC(B1OC(C)(C)C(C)(C)O1)c1ccccc1. The lowest BCUT2D eigenvalue weighted by molar-refractivity contribution is -0.137. The average molecular weight is 330 g/mol. The fraction of sp³-hybridized carbons (Fsp3) is 0.526. The first-order valence-electron chi connectivity index (χ1n) is 8.50. The van der Waals surface area contributed by atoms with Gasteiger partial charge < -0.3 is 14.0 Å². The molecule has 1 unspecified atom stereocenters. The summed E-state index contributed by atoms with van der Waals surface area (Å²) in [6.07, 6.45) is 3.95. The van der Waals surface area contributed by atoms with Gasteiger partial charge in [0.1, 0.15) is 0 Å². The predicted octanol–water partition coefficient (Wildman–Crippen LogP) is 3.91. The summed E-state index contributed by atoms with van der Waals surface area (Å²) in [5.74, 6) is -0.309. The molecule has 0 N–H and O–H groups in total. The summed E-state index contributed by atoms with van der Waals surface area (Å²) in [5, 5.41) is 0. The largest absolute Gasteiger partial charge is 0.466 e. The van der Waals surface area contributed by atoms with Crippen LogP contribution in [0, 0.1) is 0 Å². The molecule has 0 radical (unpaired) electrons. The van der Waals surface area contributed by atoms with E-state index in [-0.39, 0.29) is 30.1 Å². The van der Waals surface area contributed by atoms with E-state index in [2.05, 4.69) is 12.1 Å². The van der Waals surface area contributed by atoms with E-state index < -0.39 is 0 Å². The zero-order valence-electron chi connectivity index (χ0n) is 15.2. The number of carbonyl (C=O) groups excluding carboxylic acids is 1. The molecule has 0 aromatic heterocycles. The molecule has 1 fully saturated rings. The van der Waals surface area contributed by atoms with E-state index in [0.29, 0.717) is 13.0 Å². The number of carbonyl (C=O) groups is 1. The molecule has 0 saturated carbocycles. The van der Waals surface area contributed by atoms with E-state index in [1.807, 2.05) is 52.0 Å². The number of hydrogen-bond donors (Lipinski definition) is 0. The average Bonchev–Trinajstić information content (AvgIpc) is 2.73. The van der Waals surface area contributed by atoms with Crippen LogP contribution in [0.1, 0.15) is 52.4 Å². The van der Waals surface area contributed by atoms with Gasteiger partial charge in [-0.25, -0.2) is 4.79 Å². The number of ether oxygens (including phenoxy) is 1. The van der Waals surface area contributed by atoms with E-state index in [1.54, 1.807) is 6.92 Å². The molecule has 4 nitrogen and oxygen atoms in total. The lowest BCUT2D eigenvalue weighted by Gasteiger charge is -2.32. The maximum Gasteiger partial charge on any atom is 0.466 e. The molecular weight excluding hydrogens is 303 g/mol. The quantitative estimate of drug-likeness (QED) is 0.451. The van der Waals surface area contributed by atoms with Crippen LogP contribution >= 0.6 is 0 Å². The first kappa shape index (κ1) is 18.7. The van der Waals surface area contributed by atoms with Gasteiger partial charge in [-0.2, -0.15) is 0 Å². The van der Waals surface area contributed by atoms with E-state index in [4.69, 9.17) is 14.0 Å². The van der Waals surface area contributed by atoms with Crippen molar-refractivity contribution in [3.05, 3.63) is 48.0 Å². The van der Waals surface area contributed by atoms with Crippen LogP contribution in [0.25, 0.3) is 0 Å². The third-order valence-electron chi connectivity index (χ3n) is 4.76. The smallest absolute Gasteiger partial charge is 0.463 e. The lowest BCUT2D eigenvalue weighted by atomic mass is 9.66. The topological polar surface area (TPSA) is 44.8 Å². The van der Waals surface area contributed by atoms with Crippen molar-refractivity contribution in [2.45, 2.75) is 58.1 Å². The molecule has 0 amide bonds. The molecule has 2 rings (SSSR count). The monoisotopic (exact) mass is 330 g/mol. The summed E-state index contributed by atoms with van der Waals surface area (Å²) >= 11 is 0. The molecule has 1 heterocycles. The second kappa shape index (κ2) is 7.54. The van der Waals surface area contributed by atoms with Crippen LogP contribution in [-0.4, -0.2) is 30.9 Å². The van der Waals surface area contributed by atoms with Gasteiger partial charge in [0.05, 0.1) is 17.8 Å². The van der Waals surface area contributed by atoms with Gasteiger partial charge in [-0.1, -0.05) is 36.4 Å². The molecule has 1 aliphatic heterocycles. The summed E-state index contributed by atoms with van der Waals surface area (Å²) in [5.41, 5.74) is 0.370. The molecular formula is C19H27BO4. The molecule has 0 aliphatic carbocycles. The predicted molar refractivity (Wildman–Crippen MR) is 95.7 cm³/mol. The molecule has 1 atom stereocenters. The Kier molecular flexibility index (Phi) is 5.89. The van der Waals surface area contributed by atoms with Crippen LogP contribution < -0.4 is 0 Å². The number of rotatable bonds is 6. The van der Waals surface area contributed by atoms with Crippen molar-refractivity contribution in [2.75, 3.05) is 6.61 Å². The van der Waals surface area contributed by atoms with E-state index in [1.165, 1.54) is 6.08 Å². The minimum Gasteiger partial charge on any atom is -0.463 e. The van der Waals surface area contributed by atoms with Crippen LogP contribution in [0.4, 0.5) is 0 Å². The van der Waals surface area contributed by atoms with Crippen molar-refractivity contribution in [3.8, 4) is 0 Å². The Morgan fingerprint density at radius 3 is 2.29 bits per heavy atom. The second-order valence-electron chi connectivity index (χ2n) is 7.03. The maximum atomic E-state index is 11.5. The van der Waals surface area contributed by atoms with Gasteiger partial charge >= 0.3 is 13.1 Å². The van der Waals surface area contributed by atoms with Gasteiger partial charge in [0, 0.05) is 11.9 Å².